The van der Waals surface area contributed by atoms with Crippen molar-refractivity contribution in [2.24, 2.45) is 5.73 Å². The molecule has 2 aromatic carbocycles. The van der Waals surface area contributed by atoms with Gasteiger partial charge in [-0.2, -0.15) is 0 Å². The van der Waals surface area contributed by atoms with Crippen molar-refractivity contribution in [3.05, 3.63) is 64.9 Å². The molecule has 1 fully saturated rings. The smallest absolute Gasteiger partial charge is 0.354 e. The molecule has 0 spiro atoms. The SMILES string of the molecule is CCOC(=O)C[C@H](COc1cc(C(=N)N)ccc1/C=C(/NC(C)=O)C(=O)OC)NC(=O)c1ccc(OC2CCNCC2)cc1. The molecule has 0 unspecified atom stereocenters. The van der Waals surface area contributed by atoms with Gasteiger partial charge < -0.3 is 40.6 Å². The number of nitrogens with two attached hydrogens (primary N) is 1. The van der Waals surface area contributed by atoms with Crippen LogP contribution in [0, 0.1) is 5.41 Å². The molecule has 1 heterocycles. The molecule has 0 radical (unpaired) electrons. The quantitative estimate of drug-likeness (QED) is 0.0915. The lowest BCUT2D eigenvalue weighted by Crippen LogP contribution is -2.41. The highest BCUT2D eigenvalue weighted by molar-refractivity contribution is 5.99. The maximum Gasteiger partial charge on any atom is 0.354 e. The highest BCUT2D eigenvalue weighted by Gasteiger charge is 2.21. The lowest BCUT2D eigenvalue weighted by atomic mass is 10.1. The zero-order chi connectivity index (χ0) is 32.1. The Morgan fingerprint density at radius 1 is 1.09 bits per heavy atom. The van der Waals surface area contributed by atoms with Crippen LogP contribution in [0.4, 0.5) is 0 Å². The minimum atomic E-state index is -0.819. The van der Waals surface area contributed by atoms with E-state index in [4.69, 9.17) is 30.1 Å². The second-order valence-corrected chi connectivity index (χ2v) is 9.98. The van der Waals surface area contributed by atoms with Gasteiger partial charge in [0.1, 0.15) is 35.7 Å². The summed E-state index contributed by atoms with van der Waals surface area (Å²) < 4.78 is 21.9. The fourth-order valence-corrected chi connectivity index (χ4v) is 4.37. The Morgan fingerprint density at radius 2 is 1.77 bits per heavy atom. The third-order valence-corrected chi connectivity index (χ3v) is 6.54. The van der Waals surface area contributed by atoms with Gasteiger partial charge in [0.25, 0.3) is 5.91 Å². The molecule has 1 aliphatic heterocycles. The van der Waals surface area contributed by atoms with Crippen molar-refractivity contribution in [1.82, 2.24) is 16.0 Å². The summed E-state index contributed by atoms with van der Waals surface area (Å²) in [5, 5.41) is 16.3. The number of ether oxygens (including phenoxy) is 4. The molecular formula is C31H39N5O8. The summed E-state index contributed by atoms with van der Waals surface area (Å²) in [4.78, 5) is 49.5. The van der Waals surface area contributed by atoms with Crippen molar-refractivity contribution in [1.29, 1.82) is 5.41 Å². The Morgan fingerprint density at radius 3 is 2.39 bits per heavy atom. The number of rotatable bonds is 14. The van der Waals surface area contributed by atoms with Crippen LogP contribution in [0.1, 0.15) is 54.6 Å². The number of amidine groups is 1. The molecule has 2 amide bonds. The molecule has 0 aliphatic carbocycles. The Labute approximate surface area is 256 Å². The normalized spacial score (nSPS) is 14.1. The van der Waals surface area contributed by atoms with Crippen LogP contribution in [0.2, 0.25) is 0 Å². The summed E-state index contributed by atoms with van der Waals surface area (Å²) in [6.45, 7) is 4.69. The molecule has 3 rings (SSSR count). The number of hydrogen-bond acceptors (Lipinski definition) is 10. The largest absolute Gasteiger partial charge is 0.491 e. The van der Waals surface area contributed by atoms with Crippen LogP contribution >= 0.6 is 0 Å². The standard InChI is InChI=1S/C31H39N5O8/c1-4-42-28(38)17-23(36-30(39)20-7-9-24(10-8-20)44-25-11-13-34-14-12-25)18-43-27-16-22(29(32)33)6-5-21(27)15-26(31(40)41-3)35-19(2)37/h5-10,15-16,23,25,34H,4,11-14,17-18H2,1-3H3,(H3,32,33)(H,35,37)(H,36,39)/b26-15+/t23-/m1/s1. The van der Waals surface area contributed by atoms with Crippen LogP contribution < -0.4 is 31.2 Å². The Balaban J connectivity index is 1.81. The first-order chi connectivity index (χ1) is 21.1. The van der Waals surface area contributed by atoms with E-state index in [1.165, 1.54) is 26.2 Å². The van der Waals surface area contributed by atoms with E-state index in [0.29, 0.717) is 22.4 Å². The minimum absolute atomic E-state index is 0.116. The van der Waals surface area contributed by atoms with E-state index in [-0.39, 0.29) is 43.0 Å². The number of nitrogens with one attached hydrogen (secondary N) is 4. The molecule has 6 N–H and O–H groups in total. The van der Waals surface area contributed by atoms with Crippen molar-refractivity contribution in [2.45, 2.75) is 45.3 Å². The predicted molar refractivity (Wildman–Crippen MR) is 162 cm³/mol. The van der Waals surface area contributed by atoms with Crippen molar-refractivity contribution < 1.29 is 38.1 Å². The summed E-state index contributed by atoms with van der Waals surface area (Å²) in [7, 11) is 1.17. The van der Waals surface area contributed by atoms with E-state index in [1.807, 2.05) is 0 Å². The molecule has 0 aromatic heterocycles. The van der Waals surface area contributed by atoms with Crippen LogP contribution in [0.15, 0.2) is 48.2 Å². The Kier molecular flexibility index (Phi) is 12.7. The van der Waals surface area contributed by atoms with E-state index in [1.54, 1.807) is 43.3 Å². The number of benzene rings is 2. The van der Waals surface area contributed by atoms with E-state index in [9.17, 15) is 19.2 Å². The fourth-order valence-electron chi connectivity index (χ4n) is 4.37. The first-order valence-electron chi connectivity index (χ1n) is 14.2. The third-order valence-electron chi connectivity index (χ3n) is 6.54. The molecule has 1 aliphatic rings. The summed E-state index contributed by atoms with van der Waals surface area (Å²) in [6.07, 6.45) is 3.08. The first kappa shape index (κ1) is 33.6. The number of carbonyl (C=O) groups is 4. The highest BCUT2D eigenvalue weighted by atomic mass is 16.5. The molecule has 1 saturated heterocycles. The van der Waals surface area contributed by atoms with Crippen LogP contribution in [0.3, 0.4) is 0 Å². The fraction of sp³-hybridized carbons (Fsp3) is 0.387. The molecule has 13 nitrogen and oxygen atoms in total. The molecule has 44 heavy (non-hydrogen) atoms. The molecule has 2 aromatic rings. The average Bonchev–Trinajstić information content (AvgIpc) is 3.00. The van der Waals surface area contributed by atoms with Gasteiger partial charge in [0, 0.05) is 23.6 Å². The lowest BCUT2D eigenvalue weighted by molar-refractivity contribution is -0.143. The van der Waals surface area contributed by atoms with Gasteiger partial charge in [-0.25, -0.2) is 4.79 Å². The third kappa shape index (κ3) is 10.4. The number of esters is 2. The lowest BCUT2D eigenvalue weighted by Gasteiger charge is -2.24. The first-order valence-corrected chi connectivity index (χ1v) is 14.2. The van der Waals surface area contributed by atoms with Gasteiger partial charge in [0.2, 0.25) is 5.91 Å². The highest BCUT2D eigenvalue weighted by Crippen LogP contribution is 2.24. The monoisotopic (exact) mass is 609 g/mol. The topological polar surface area (TPSA) is 191 Å². The van der Waals surface area contributed by atoms with Gasteiger partial charge in [0.15, 0.2) is 0 Å². The zero-order valence-electron chi connectivity index (χ0n) is 25.1. The van der Waals surface area contributed by atoms with Crippen LogP contribution in [-0.2, 0) is 23.9 Å². The molecule has 1 atom stereocenters. The molecule has 13 heteroatoms. The zero-order valence-corrected chi connectivity index (χ0v) is 25.1. The van der Waals surface area contributed by atoms with Crippen molar-refractivity contribution in [2.75, 3.05) is 33.4 Å². The van der Waals surface area contributed by atoms with Gasteiger partial charge in [-0.15, -0.1) is 0 Å². The van der Waals surface area contributed by atoms with Crippen molar-refractivity contribution >= 4 is 35.7 Å². The van der Waals surface area contributed by atoms with E-state index >= 15 is 0 Å². The summed E-state index contributed by atoms with van der Waals surface area (Å²) in [5.41, 5.74) is 6.55. The summed E-state index contributed by atoms with van der Waals surface area (Å²) >= 11 is 0. The maximum absolute atomic E-state index is 13.2. The van der Waals surface area contributed by atoms with Crippen molar-refractivity contribution in [3.63, 3.8) is 0 Å². The Hall–Kier alpha value is -4.91. The van der Waals surface area contributed by atoms with Gasteiger partial charge >= 0.3 is 11.9 Å². The number of nitrogen functional groups attached to an aromatic ring is 1. The van der Waals surface area contributed by atoms with Crippen molar-refractivity contribution in [3.8, 4) is 11.5 Å². The van der Waals surface area contributed by atoms with Crippen LogP contribution in [0.5, 0.6) is 11.5 Å². The van der Waals surface area contributed by atoms with Crippen LogP contribution in [0.25, 0.3) is 6.08 Å². The van der Waals surface area contributed by atoms with Gasteiger partial charge in [0.05, 0.1) is 26.2 Å². The number of hydrogen-bond donors (Lipinski definition) is 5. The number of carbonyl (C=O) groups excluding carboxylic acids is 4. The molecule has 236 valence electrons. The van der Waals surface area contributed by atoms with Gasteiger partial charge in [-0.3, -0.25) is 19.8 Å². The number of methoxy groups -OCH3 is 1. The van der Waals surface area contributed by atoms with Gasteiger partial charge in [-0.1, -0.05) is 12.1 Å². The summed E-state index contributed by atoms with van der Waals surface area (Å²) in [5.74, 6) is -1.65. The van der Waals surface area contributed by atoms with E-state index in [2.05, 4.69) is 16.0 Å². The number of amides is 2. The molecule has 0 bridgehead atoms. The molecular weight excluding hydrogens is 570 g/mol. The molecule has 0 saturated carbocycles. The second kappa shape index (κ2) is 16.7. The maximum atomic E-state index is 13.2. The second-order valence-electron chi connectivity index (χ2n) is 9.98. The van der Waals surface area contributed by atoms with Gasteiger partial charge in [-0.05, 0) is 69.3 Å². The minimum Gasteiger partial charge on any atom is -0.491 e. The Bertz CT molecular complexity index is 1370. The van der Waals surface area contributed by atoms with Crippen LogP contribution in [-0.4, -0.2) is 75.1 Å². The van der Waals surface area contributed by atoms with E-state index < -0.39 is 29.8 Å². The number of piperidine rings is 1. The van der Waals surface area contributed by atoms with E-state index in [0.717, 1.165) is 25.9 Å². The predicted octanol–water partition coefficient (Wildman–Crippen LogP) is 1.88. The average molecular weight is 610 g/mol. The summed E-state index contributed by atoms with van der Waals surface area (Å²) in [6, 6.07) is 10.5.